The van der Waals surface area contributed by atoms with Crippen LogP contribution < -0.4 is 0 Å². The Morgan fingerprint density at radius 3 is 1.94 bits per heavy atom. The van der Waals surface area contributed by atoms with Gasteiger partial charge in [-0.05, 0) is 30.6 Å². The van der Waals surface area contributed by atoms with E-state index in [1.54, 1.807) is 5.57 Å². The topological polar surface area (TPSA) is 0 Å². The molecule has 0 bridgehead atoms. The van der Waals surface area contributed by atoms with Gasteiger partial charge in [0.25, 0.3) is 0 Å². The van der Waals surface area contributed by atoms with Gasteiger partial charge in [0.05, 0.1) is 8.80 Å². The van der Waals surface area contributed by atoms with Gasteiger partial charge < -0.3 is 0 Å². The Hall–Kier alpha value is -0.303. The lowest BCUT2D eigenvalue weighted by Gasteiger charge is -2.19. The summed E-state index contributed by atoms with van der Waals surface area (Å²) in [7, 11) is -0.728. The molecule has 1 rings (SSSR count). The summed E-state index contributed by atoms with van der Waals surface area (Å²) in [5, 5.41) is 1.88. The van der Waals surface area contributed by atoms with Crippen LogP contribution in [-0.2, 0) is 0 Å². The van der Waals surface area contributed by atoms with Gasteiger partial charge in [-0.3, -0.25) is 0 Å². The van der Waals surface area contributed by atoms with Gasteiger partial charge in [0, 0.05) is 0 Å². The van der Waals surface area contributed by atoms with Gasteiger partial charge in [0.1, 0.15) is 0 Å². The zero-order valence-electron chi connectivity index (χ0n) is 12.6. The van der Waals surface area contributed by atoms with Crippen molar-refractivity contribution in [1.82, 2.24) is 0 Å². The van der Waals surface area contributed by atoms with E-state index in [1.165, 1.54) is 18.9 Å². The fourth-order valence-corrected chi connectivity index (χ4v) is 6.40. The van der Waals surface area contributed by atoms with Crippen molar-refractivity contribution in [3.63, 3.8) is 0 Å². The molecule has 1 heteroatoms. The first-order chi connectivity index (χ1) is 7.90. The van der Waals surface area contributed by atoms with Crippen LogP contribution in [0.1, 0.15) is 54.4 Å². The molecule has 1 aliphatic heterocycles. The van der Waals surface area contributed by atoms with E-state index in [1.807, 2.05) is 5.20 Å². The van der Waals surface area contributed by atoms with Crippen molar-refractivity contribution >= 4 is 8.80 Å². The van der Waals surface area contributed by atoms with Crippen molar-refractivity contribution in [2.45, 2.75) is 60.4 Å². The average Bonchev–Trinajstić information content (AvgIpc) is 2.47. The molecule has 0 spiro atoms. The Kier molecular flexibility index (Phi) is 5.71. The van der Waals surface area contributed by atoms with E-state index in [0.29, 0.717) is 0 Å². The van der Waals surface area contributed by atoms with E-state index >= 15 is 0 Å². The third kappa shape index (κ3) is 4.83. The lowest BCUT2D eigenvalue weighted by atomic mass is 10.00. The first kappa shape index (κ1) is 14.8. The molecule has 1 aliphatic rings. The number of rotatable bonds is 6. The van der Waals surface area contributed by atoms with Gasteiger partial charge in [0.15, 0.2) is 0 Å². The summed E-state index contributed by atoms with van der Waals surface area (Å²) in [6, 6.07) is 1.46. The predicted octanol–water partition coefficient (Wildman–Crippen LogP) is 4.91. The van der Waals surface area contributed by atoms with Crippen molar-refractivity contribution in [2.24, 2.45) is 17.8 Å². The molecule has 0 radical (unpaired) electrons. The van der Waals surface area contributed by atoms with E-state index in [2.05, 4.69) is 53.3 Å². The maximum Gasteiger partial charge on any atom is 0.0895 e. The van der Waals surface area contributed by atoms with Crippen molar-refractivity contribution in [2.75, 3.05) is 0 Å². The Morgan fingerprint density at radius 1 is 0.882 bits per heavy atom. The minimum Gasteiger partial charge on any atom is -0.0929 e. The Bertz CT molecular complexity index is 295. The average molecular weight is 251 g/mol. The van der Waals surface area contributed by atoms with Gasteiger partial charge in [-0.2, -0.15) is 0 Å². The quantitative estimate of drug-likeness (QED) is 0.588. The normalized spacial score (nSPS) is 20.4. The van der Waals surface area contributed by atoms with Crippen LogP contribution >= 0.6 is 0 Å². The summed E-state index contributed by atoms with van der Waals surface area (Å²) in [5.74, 6) is 2.47. The summed E-state index contributed by atoms with van der Waals surface area (Å²) >= 11 is 0. The highest BCUT2D eigenvalue weighted by Crippen LogP contribution is 2.31. The maximum absolute atomic E-state index is 2.59. The zero-order chi connectivity index (χ0) is 13.0. The van der Waals surface area contributed by atoms with Crippen LogP contribution in [0.5, 0.6) is 0 Å². The monoisotopic (exact) mass is 250 g/mol. The molecule has 0 aromatic heterocycles. The van der Waals surface area contributed by atoms with Crippen LogP contribution in [0.25, 0.3) is 0 Å². The largest absolute Gasteiger partial charge is 0.0929 e. The van der Waals surface area contributed by atoms with Gasteiger partial charge in [-0.25, -0.2) is 0 Å². The molecule has 0 fully saturated rings. The predicted molar refractivity (Wildman–Crippen MR) is 81.9 cm³/mol. The SMILES string of the molecule is CC(C)CC1=C(CC(C)C)[SiH](CC(C)C)C=C1. The summed E-state index contributed by atoms with van der Waals surface area (Å²) < 4.78 is 0. The van der Waals surface area contributed by atoms with E-state index in [4.69, 9.17) is 0 Å². The van der Waals surface area contributed by atoms with Crippen LogP contribution in [0, 0.1) is 17.8 Å². The van der Waals surface area contributed by atoms with Crippen LogP contribution in [0.2, 0.25) is 6.04 Å². The van der Waals surface area contributed by atoms with Crippen LogP contribution in [0.15, 0.2) is 22.5 Å². The van der Waals surface area contributed by atoms with E-state index in [0.717, 1.165) is 17.8 Å². The Labute approximate surface area is 110 Å². The minimum atomic E-state index is -0.728. The minimum absolute atomic E-state index is 0.728. The summed E-state index contributed by atoms with van der Waals surface area (Å²) in [6.07, 6.45) is 5.11. The van der Waals surface area contributed by atoms with Crippen molar-refractivity contribution in [1.29, 1.82) is 0 Å². The molecule has 0 saturated heterocycles. The number of allylic oxidation sites excluding steroid dienone is 3. The van der Waals surface area contributed by atoms with Crippen LogP contribution in [0.3, 0.4) is 0 Å². The van der Waals surface area contributed by atoms with Gasteiger partial charge in [0.2, 0.25) is 0 Å². The smallest absolute Gasteiger partial charge is 0.0895 e. The van der Waals surface area contributed by atoms with Crippen molar-refractivity contribution in [3.05, 3.63) is 22.5 Å². The third-order valence-corrected chi connectivity index (χ3v) is 6.98. The van der Waals surface area contributed by atoms with Gasteiger partial charge in [-0.1, -0.05) is 70.1 Å². The number of hydrogen-bond acceptors (Lipinski definition) is 0. The molecule has 1 atom stereocenters. The van der Waals surface area contributed by atoms with E-state index in [9.17, 15) is 0 Å². The molecule has 0 saturated carbocycles. The molecule has 0 amide bonds. The second-order valence-electron chi connectivity index (χ2n) is 6.84. The maximum atomic E-state index is 2.59. The highest BCUT2D eigenvalue weighted by atomic mass is 28.3. The zero-order valence-corrected chi connectivity index (χ0v) is 13.7. The second-order valence-corrected chi connectivity index (χ2v) is 9.61. The molecule has 0 aromatic rings. The van der Waals surface area contributed by atoms with Crippen molar-refractivity contribution in [3.8, 4) is 0 Å². The van der Waals surface area contributed by atoms with Gasteiger partial charge >= 0.3 is 0 Å². The second kappa shape index (κ2) is 6.58. The molecule has 0 aliphatic carbocycles. The molecular formula is C16H30Si. The van der Waals surface area contributed by atoms with Crippen LogP contribution in [-0.4, -0.2) is 8.80 Å². The lowest BCUT2D eigenvalue weighted by Crippen LogP contribution is -2.16. The molecule has 0 N–H and O–H groups in total. The molecule has 1 heterocycles. The first-order valence-electron chi connectivity index (χ1n) is 7.30. The fraction of sp³-hybridized carbons (Fsp3) is 0.750. The Morgan fingerprint density at radius 2 is 1.47 bits per heavy atom. The summed E-state index contributed by atoms with van der Waals surface area (Å²) in [6.45, 7) is 14.1. The highest BCUT2D eigenvalue weighted by Gasteiger charge is 2.23. The molecule has 0 aromatic carbocycles. The molecule has 0 nitrogen and oxygen atoms in total. The molecular weight excluding hydrogens is 220 g/mol. The number of hydrogen-bond donors (Lipinski definition) is 0. The molecule has 17 heavy (non-hydrogen) atoms. The standard InChI is InChI=1S/C16H30Si/c1-12(2)9-15-7-8-17(11-14(5)6)16(15)10-13(3)4/h7-8,12-14,17H,9-11H2,1-6H3. The van der Waals surface area contributed by atoms with E-state index < -0.39 is 8.80 Å². The third-order valence-electron chi connectivity index (χ3n) is 3.37. The summed E-state index contributed by atoms with van der Waals surface area (Å²) in [4.78, 5) is 0. The van der Waals surface area contributed by atoms with Gasteiger partial charge in [-0.15, -0.1) is 0 Å². The fourth-order valence-electron chi connectivity index (χ4n) is 2.78. The summed E-state index contributed by atoms with van der Waals surface area (Å²) in [5.41, 5.74) is 4.29. The van der Waals surface area contributed by atoms with Crippen LogP contribution in [0.4, 0.5) is 0 Å². The highest BCUT2D eigenvalue weighted by molar-refractivity contribution is 6.73. The molecule has 1 unspecified atom stereocenters. The Balaban J connectivity index is 2.80. The molecule has 98 valence electrons. The van der Waals surface area contributed by atoms with E-state index in [-0.39, 0.29) is 0 Å². The van der Waals surface area contributed by atoms with Crippen molar-refractivity contribution < 1.29 is 0 Å². The first-order valence-corrected chi connectivity index (χ1v) is 9.36. The lowest BCUT2D eigenvalue weighted by molar-refractivity contribution is 0.626.